The summed E-state index contributed by atoms with van der Waals surface area (Å²) in [5.41, 5.74) is 3.31. The molecule has 166 valence electrons. The standard InChI is InChI=1S/C24H20ClFN6O/c1-31-21(5-9-29-31)30-20-13-15(4-8-27-20)18-11-16-6-10-32(23(16)19(26)12-18)22(33)14-17-3-2-7-28-24(17)25/h2-5,7-9,11-13H,6,10,14H2,1H3,(H,27,30). The van der Waals surface area contributed by atoms with Gasteiger partial charge >= 0.3 is 0 Å². The van der Waals surface area contributed by atoms with E-state index in [2.05, 4.69) is 20.4 Å². The second-order valence-corrected chi connectivity index (χ2v) is 8.14. The Morgan fingerprint density at radius 2 is 2.00 bits per heavy atom. The van der Waals surface area contributed by atoms with Gasteiger partial charge in [0.25, 0.3) is 0 Å². The van der Waals surface area contributed by atoms with Crippen LogP contribution < -0.4 is 10.2 Å². The molecule has 0 saturated carbocycles. The van der Waals surface area contributed by atoms with Crippen LogP contribution in [0.15, 0.2) is 61.1 Å². The Balaban J connectivity index is 1.40. The fraction of sp³-hybridized carbons (Fsp3) is 0.167. The maximum absolute atomic E-state index is 15.2. The van der Waals surface area contributed by atoms with Gasteiger partial charge in [-0.15, -0.1) is 0 Å². The number of benzene rings is 1. The van der Waals surface area contributed by atoms with Gasteiger partial charge in [0.05, 0.1) is 18.3 Å². The van der Waals surface area contributed by atoms with E-state index in [1.54, 1.807) is 35.4 Å². The van der Waals surface area contributed by atoms with Crippen molar-refractivity contribution < 1.29 is 9.18 Å². The number of aryl methyl sites for hydroxylation is 1. The lowest BCUT2D eigenvalue weighted by molar-refractivity contribution is -0.117. The molecule has 3 aromatic heterocycles. The molecule has 1 aliphatic heterocycles. The van der Waals surface area contributed by atoms with Gasteiger partial charge < -0.3 is 10.2 Å². The first-order valence-electron chi connectivity index (χ1n) is 10.4. The summed E-state index contributed by atoms with van der Waals surface area (Å²) in [6.07, 6.45) is 5.59. The third-order valence-corrected chi connectivity index (χ3v) is 6.01. The molecule has 7 nitrogen and oxygen atoms in total. The summed E-state index contributed by atoms with van der Waals surface area (Å²) >= 11 is 6.09. The average molecular weight is 463 g/mol. The molecule has 0 atom stereocenters. The Hall–Kier alpha value is -3.78. The van der Waals surface area contributed by atoms with Gasteiger partial charge in [0.2, 0.25) is 5.91 Å². The molecule has 1 aliphatic rings. The van der Waals surface area contributed by atoms with E-state index < -0.39 is 5.82 Å². The van der Waals surface area contributed by atoms with Gasteiger partial charge in [-0.2, -0.15) is 5.10 Å². The summed E-state index contributed by atoms with van der Waals surface area (Å²) in [7, 11) is 1.83. The van der Waals surface area contributed by atoms with Crippen LogP contribution in [0.5, 0.6) is 0 Å². The van der Waals surface area contributed by atoms with Crippen molar-refractivity contribution >= 4 is 34.8 Å². The number of rotatable bonds is 5. The quantitative estimate of drug-likeness (QED) is 0.440. The van der Waals surface area contributed by atoms with Crippen LogP contribution in [0.2, 0.25) is 5.15 Å². The molecule has 1 N–H and O–H groups in total. The molecule has 0 aliphatic carbocycles. The normalized spacial score (nSPS) is 12.6. The number of carbonyl (C=O) groups excluding carboxylic acids is 1. The molecule has 0 unspecified atom stereocenters. The monoisotopic (exact) mass is 462 g/mol. The molecule has 0 saturated heterocycles. The summed E-state index contributed by atoms with van der Waals surface area (Å²) in [5, 5.41) is 7.62. The Morgan fingerprint density at radius 1 is 1.12 bits per heavy atom. The number of halogens is 2. The van der Waals surface area contributed by atoms with Crippen molar-refractivity contribution in [3.63, 3.8) is 0 Å². The van der Waals surface area contributed by atoms with E-state index in [1.165, 1.54) is 11.0 Å². The third-order valence-electron chi connectivity index (χ3n) is 5.67. The fourth-order valence-corrected chi connectivity index (χ4v) is 4.21. The summed E-state index contributed by atoms with van der Waals surface area (Å²) in [4.78, 5) is 22.8. The number of hydrogen-bond acceptors (Lipinski definition) is 5. The van der Waals surface area contributed by atoms with Crippen molar-refractivity contribution in [2.75, 3.05) is 16.8 Å². The van der Waals surface area contributed by atoms with Gasteiger partial charge in [-0.3, -0.25) is 9.48 Å². The summed E-state index contributed by atoms with van der Waals surface area (Å²) in [6, 6.07) is 12.4. The number of pyridine rings is 2. The predicted octanol–water partition coefficient (Wildman–Crippen LogP) is 4.55. The smallest absolute Gasteiger partial charge is 0.231 e. The van der Waals surface area contributed by atoms with Crippen LogP contribution in [-0.4, -0.2) is 32.2 Å². The number of nitrogens with one attached hydrogen (secondary N) is 1. The van der Waals surface area contributed by atoms with Crippen molar-refractivity contribution in [2.24, 2.45) is 7.05 Å². The Kier molecular flexibility index (Phi) is 5.51. The lowest BCUT2D eigenvalue weighted by atomic mass is 10.0. The average Bonchev–Trinajstić information content (AvgIpc) is 3.42. The minimum atomic E-state index is -0.427. The summed E-state index contributed by atoms with van der Waals surface area (Å²) in [5.74, 6) is 0.787. The van der Waals surface area contributed by atoms with Crippen molar-refractivity contribution in [3.05, 3.63) is 83.2 Å². The van der Waals surface area contributed by atoms with E-state index in [9.17, 15) is 4.79 Å². The maximum atomic E-state index is 15.2. The second kappa shape index (κ2) is 8.63. The lowest BCUT2D eigenvalue weighted by Gasteiger charge is -2.19. The molecule has 33 heavy (non-hydrogen) atoms. The van der Waals surface area contributed by atoms with E-state index in [1.807, 2.05) is 31.3 Å². The number of hydrogen-bond donors (Lipinski definition) is 1. The molecular weight excluding hydrogens is 443 g/mol. The zero-order valence-corrected chi connectivity index (χ0v) is 18.6. The Morgan fingerprint density at radius 3 is 2.79 bits per heavy atom. The van der Waals surface area contributed by atoms with Crippen LogP contribution in [0.3, 0.4) is 0 Å². The highest BCUT2D eigenvalue weighted by molar-refractivity contribution is 6.30. The predicted molar refractivity (Wildman–Crippen MR) is 125 cm³/mol. The zero-order chi connectivity index (χ0) is 22.9. The van der Waals surface area contributed by atoms with Crippen LogP contribution in [0.1, 0.15) is 11.1 Å². The number of fused-ring (bicyclic) bond motifs is 1. The van der Waals surface area contributed by atoms with Gasteiger partial charge in [0.15, 0.2) is 0 Å². The first-order valence-corrected chi connectivity index (χ1v) is 10.8. The van der Waals surface area contributed by atoms with E-state index in [-0.39, 0.29) is 17.5 Å². The van der Waals surface area contributed by atoms with E-state index >= 15 is 4.39 Å². The molecule has 0 fully saturated rings. The molecule has 1 amide bonds. The molecule has 9 heteroatoms. The molecule has 5 rings (SSSR count). The molecule has 0 spiro atoms. The van der Waals surface area contributed by atoms with Crippen molar-refractivity contribution in [2.45, 2.75) is 12.8 Å². The number of aromatic nitrogens is 4. The minimum absolute atomic E-state index is 0.0701. The highest BCUT2D eigenvalue weighted by Gasteiger charge is 2.29. The number of amides is 1. The summed E-state index contributed by atoms with van der Waals surface area (Å²) < 4.78 is 17.0. The summed E-state index contributed by atoms with van der Waals surface area (Å²) in [6.45, 7) is 0.427. The highest BCUT2D eigenvalue weighted by atomic mass is 35.5. The van der Waals surface area contributed by atoms with E-state index in [4.69, 9.17) is 11.6 Å². The van der Waals surface area contributed by atoms with Crippen LogP contribution >= 0.6 is 11.6 Å². The first kappa shape index (κ1) is 21.1. The van der Waals surface area contributed by atoms with E-state index in [0.717, 1.165) is 22.5 Å². The Bertz CT molecular complexity index is 1350. The SMILES string of the molecule is Cn1nccc1Nc1cc(-c2cc(F)c3c(c2)CCN3C(=O)Cc2cccnc2Cl)ccn1. The van der Waals surface area contributed by atoms with Gasteiger partial charge in [-0.25, -0.2) is 14.4 Å². The number of anilines is 3. The zero-order valence-electron chi connectivity index (χ0n) is 17.8. The van der Waals surface area contributed by atoms with Crippen molar-refractivity contribution in [3.8, 4) is 11.1 Å². The van der Waals surface area contributed by atoms with Gasteiger partial charge in [0, 0.05) is 32.1 Å². The van der Waals surface area contributed by atoms with Gasteiger partial charge in [-0.05, 0) is 59.0 Å². The molecule has 0 radical (unpaired) electrons. The van der Waals surface area contributed by atoms with Gasteiger partial charge in [-0.1, -0.05) is 17.7 Å². The fourth-order valence-electron chi connectivity index (χ4n) is 4.02. The molecule has 4 heterocycles. The first-order chi connectivity index (χ1) is 16.0. The van der Waals surface area contributed by atoms with Gasteiger partial charge in [0.1, 0.15) is 22.6 Å². The molecular formula is C24H20ClFN6O. The molecule has 0 bridgehead atoms. The minimum Gasteiger partial charge on any atom is -0.325 e. The van der Waals surface area contributed by atoms with E-state index in [0.29, 0.717) is 30.0 Å². The molecule has 1 aromatic carbocycles. The van der Waals surface area contributed by atoms with Crippen LogP contribution in [0.25, 0.3) is 11.1 Å². The highest BCUT2D eigenvalue weighted by Crippen LogP contribution is 2.36. The lowest BCUT2D eigenvalue weighted by Crippen LogP contribution is -2.31. The Labute approximate surface area is 194 Å². The van der Waals surface area contributed by atoms with Crippen LogP contribution in [0.4, 0.5) is 21.7 Å². The number of carbonyl (C=O) groups is 1. The third kappa shape index (κ3) is 4.17. The van der Waals surface area contributed by atoms with Crippen LogP contribution in [-0.2, 0) is 24.7 Å². The van der Waals surface area contributed by atoms with Crippen LogP contribution in [0, 0.1) is 5.82 Å². The van der Waals surface area contributed by atoms with Crippen molar-refractivity contribution in [1.82, 2.24) is 19.7 Å². The molecule has 4 aromatic rings. The topological polar surface area (TPSA) is 75.9 Å². The maximum Gasteiger partial charge on any atom is 0.231 e. The van der Waals surface area contributed by atoms with Crippen molar-refractivity contribution in [1.29, 1.82) is 0 Å². The largest absolute Gasteiger partial charge is 0.325 e. The second-order valence-electron chi connectivity index (χ2n) is 7.79. The number of nitrogens with zero attached hydrogens (tertiary/aromatic N) is 5.